The minimum atomic E-state index is -4.33. The number of nitrogens with zero attached hydrogens (tertiary/aromatic N) is 2. The average molecular weight is 287 g/mol. The molecule has 1 atom stereocenters. The predicted molar refractivity (Wildman–Crippen MR) is 71.2 cm³/mol. The molecule has 1 aromatic rings. The van der Waals surface area contributed by atoms with Crippen LogP contribution in [0, 0.1) is 0 Å². The summed E-state index contributed by atoms with van der Waals surface area (Å²) in [5.41, 5.74) is 5.60. The summed E-state index contributed by atoms with van der Waals surface area (Å²) >= 11 is 0. The van der Waals surface area contributed by atoms with Crippen LogP contribution in [-0.4, -0.2) is 35.6 Å². The second kappa shape index (κ2) is 6.54. The molecule has 2 rings (SSSR count). The quantitative estimate of drug-likeness (QED) is 0.928. The molecule has 0 aromatic carbocycles. The van der Waals surface area contributed by atoms with Crippen LogP contribution in [0.15, 0.2) is 18.5 Å². The zero-order valence-electron chi connectivity index (χ0n) is 11.4. The summed E-state index contributed by atoms with van der Waals surface area (Å²) in [6, 6.07) is 1.69. The molecule has 1 saturated heterocycles. The molecule has 0 bridgehead atoms. The van der Waals surface area contributed by atoms with E-state index in [2.05, 4.69) is 9.88 Å². The Morgan fingerprint density at radius 3 is 2.85 bits per heavy atom. The van der Waals surface area contributed by atoms with Crippen molar-refractivity contribution >= 4 is 0 Å². The van der Waals surface area contributed by atoms with Gasteiger partial charge < -0.3 is 10.6 Å². The van der Waals surface area contributed by atoms with Gasteiger partial charge in [0.15, 0.2) is 0 Å². The minimum absolute atomic E-state index is 0.228. The summed E-state index contributed by atoms with van der Waals surface area (Å²) < 4.78 is 38.6. The third-order valence-corrected chi connectivity index (χ3v) is 3.78. The first-order valence-corrected chi connectivity index (χ1v) is 6.95. The molecule has 0 amide bonds. The lowest BCUT2D eigenvalue weighted by Gasteiger charge is -2.21. The number of halogens is 3. The van der Waals surface area contributed by atoms with Gasteiger partial charge in [-0.2, -0.15) is 13.2 Å². The van der Waals surface area contributed by atoms with Crippen LogP contribution in [0.5, 0.6) is 0 Å². The fourth-order valence-electron chi connectivity index (χ4n) is 2.58. The first-order valence-electron chi connectivity index (χ1n) is 6.95. The largest absolute Gasteiger partial charge is 0.418 e. The van der Waals surface area contributed by atoms with Crippen molar-refractivity contribution in [2.45, 2.75) is 37.9 Å². The van der Waals surface area contributed by atoms with Crippen LogP contribution in [0.3, 0.4) is 0 Å². The molecule has 1 fully saturated rings. The van der Waals surface area contributed by atoms with Crippen LogP contribution in [0.1, 0.15) is 30.4 Å². The molecular weight excluding hydrogens is 267 g/mol. The Bertz CT molecular complexity index is 434. The van der Waals surface area contributed by atoms with E-state index in [4.69, 9.17) is 5.73 Å². The van der Waals surface area contributed by atoms with Crippen LogP contribution < -0.4 is 5.73 Å². The third-order valence-electron chi connectivity index (χ3n) is 3.78. The summed E-state index contributed by atoms with van der Waals surface area (Å²) in [6.45, 7) is 2.42. The number of pyridine rings is 1. The Morgan fingerprint density at radius 2 is 2.10 bits per heavy atom. The van der Waals surface area contributed by atoms with Crippen LogP contribution >= 0.6 is 0 Å². The smallest absolute Gasteiger partial charge is 0.328 e. The van der Waals surface area contributed by atoms with Gasteiger partial charge in [-0.25, -0.2) is 0 Å². The summed E-state index contributed by atoms with van der Waals surface area (Å²) in [6.07, 6.45) is 1.33. The van der Waals surface area contributed by atoms with Gasteiger partial charge in [-0.1, -0.05) is 0 Å². The van der Waals surface area contributed by atoms with E-state index >= 15 is 0 Å². The summed E-state index contributed by atoms with van der Waals surface area (Å²) in [5.74, 6) is 0. The maximum atomic E-state index is 12.9. The summed E-state index contributed by atoms with van der Waals surface area (Å²) in [4.78, 5) is 5.78. The van der Waals surface area contributed by atoms with Crippen molar-refractivity contribution < 1.29 is 13.2 Å². The molecule has 1 aliphatic heterocycles. The fourth-order valence-corrected chi connectivity index (χ4v) is 2.58. The first-order chi connectivity index (χ1) is 9.47. The molecule has 0 saturated carbocycles. The number of nitrogens with two attached hydrogens (primary N) is 1. The third kappa shape index (κ3) is 4.18. The van der Waals surface area contributed by atoms with Crippen LogP contribution in [-0.2, 0) is 12.6 Å². The molecule has 0 radical (unpaired) electrons. The van der Waals surface area contributed by atoms with Crippen molar-refractivity contribution in [1.82, 2.24) is 9.88 Å². The molecule has 112 valence electrons. The van der Waals surface area contributed by atoms with Gasteiger partial charge in [0, 0.05) is 25.0 Å². The highest BCUT2D eigenvalue weighted by atomic mass is 19.4. The number of aromatic nitrogens is 1. The number of hydrogen-bond acceptors (Lipinski definition) is 3. The highest BCUT2D eigenvalue weighted by Crippen LogP contribution is 2.31. The van der Waals surface area contributed by atoms with Gasteiger partial charge in [0.25, 0.3) is 0 Å². The fraction of sp³-hybridized carbons (Fsp3) is 0.643. The SMILES string of the molecule is NC1CCCN(CCc2ccncc2C(F)(F)F)CC1. The van der Waals surface area contributed by atoms with E-state index in [1.54, 1.807) is 0 Å². The Kier molecular flexibility index (Phi) is 4.99. The monoisotopic (exact) mass is 287 g/mol. The molecule has 2 heterocycles. The number of alkyl halides is 3. The maximum Gasteiger partial charge on any atom is 0.418 e. The molecule has 1 unspecified atom stereocenters. The molecule has 0 spiro atoms. The van der Waals surface area contributed by atoms with E-state index in [9.17, 15) is 13.2 Å². The normalized spacial score (nSPS) is 21.7. The average Bonchev–Trinajstić information content (AvgIpc) is 2.60. The molecule has 6 heteroatoms. The van der Waals surface area contributed by atoms with Gasteiger partial charge in [0.2, 0.25) is 0 Å². The molecule has 20 heavy (non-hydrogen) atoms. The standard InChI is InChI=1S/C14H20F3N3/c15-14(16,17)13-10-19-6-3-11(13)4-8-20-7-1-2-12(18)5-9-20/h3,6,10,12H,1-2,4-5,7-9,18H2. The highest BCUT2D eigenvalue weighted by Gasteiger charge is 2.33. The van der Waals surface area contributed by atoms with Crippen molar-refractivity contribution in [2.24, 2.45) is 5.73 Å². The Morgan fingerprint density at radius 1 is 1.30 bits per heavy atom. The maximum absolute atomic E-state index is 12.9. The van der Waals surface area contributed by atoms with Crippen molar-refractivity contribution in [3.63, 3.8) is 0 Å². The van der Waals surface area contributed by atoms with Crippen LogP contribution in [0.2, 0.25) is 0 Å². The summed E-state index contributed by atoms with van der Waals surface area (Å²) in [5, 5.41) is 0. The Labute approximate surface area is 117 Å². The first kappa shape index (κ1) is 15.3. The van der Waals surface area contributed by atoms with Crippen LogP contribution in [0.25, 0.3) is 0 Å². The van der Waals surface area contributed by atoms with E-state index in [0.717, 1.165) is 38.5 Å². The van der Waals surface area contributed by atoms with Gasteiger partial charge in [-0.05, 0) is 50.4 Å². The topological polar surface area (TPSA) is 42.1 Å². The predicted octanol–water partition coefficient (Wildman–Crippen LogP) is 2.46. The second-order valence-electron chi connectivity index (χ2n) is 5.31. The van der Waals surface area contributed by atoms with Crippen molar-refractivity contribution in [3.05, 3.63) is 29.6 Å². The van der Waals surface area contributed by atoms with Gasteiger partial charge in [0.1, 0.15) is 0 Å². The molecule has 0 aliphatic carbocycles. The van der Waals surface area contributed by atoms with Gasteiger partial charge in [-0.3, -0.25) is 4.98 Å². The molecule has 1 aromatic heterocycles. The van der Waals surface area contributed by atoms with Gasteiger partial charge in [0.05, 0.1) is 5.56 Å². The lowest BCUT2D eigenvalue weighted by atomic mass is 10.1. The minimum Gasteiger partial charge on any atom is -0.328 e. The van der Waals surface area contributed by atoms with E-state index in [0.29, 0.717) is 18.5 Å². The number of hydrogen-bond donors (Lipinski definition) is 1. The van der Waals surface area contributed by atoms with E-state index in [1.165, 1.54) is 12.3 Å². The highest BCUT2D eigenvalue weighted by molar-refractivity contribution is 5.26. The molecule has 2 N–H and O–H groups in total. The van der Waals surface area contributed by atoms with Crippen molar-refractivity contribution in [1.29, 1.82) is 0 Å². The van der Waals surface area contributed by atoms with Gasteiger partial charge >= 0.3 is 6.18 Å². The Balaban J connectivity index is 1.97. The number of rotatable bonds is 3. The van der Waals surface area contributed by atoms with Crippen molar-refractivity contribution in [2.75, 3.05) is 19.6 Å². The second-order valence-corrected chi connectivity index (χ2v) is 5.31. The van der Waals surface area contributed by atoms with E-state index in [-0.39, 0.29) is 6.04 Å². The van der Waals surface area contributed by atoms with E-state index in [1.807, 2.05) is 0 Å². The van der Waals surface area contributed by atoms with Crippen molar-refractivity contribution in [3.8, 4) is 0 Å². The zero-order valence-corrected chi connectivity index (χ0v) is 11.4. The Hall–Kier alpha value is -1.14. The lowest BCUT2D eigenvalue weighted by molar-refractivity contribution is -0.138. The molecule has 1 aliphatic rings. The number of likely N-dealkylation sites (tertiary alicyclic amines) is 1. The summed E-state index contributed by atoms with van der Waals surface area (Å²) in [7, 11) is 0. The molecular formula is C14H20F3N3. The van der Waals surface area contributed by atoms with E-state index < -0.39 is 11.7 Å². The van der Waals surface area contributed by atoms with Gasteiger partial charge in [-0.15, -0.1) is 0 Å². The van der Waals surface area contributed by atoms with Crippen LogP contribution in [0.4, 0.5) is 13.2 Å². The lowest BCUT2D eigenvalue weighted by Crippen LogP contribution is -2.29. The molecule has 3 nitrogen and oxygen atoms in total. The zero-order chi connectivity index (χ0) is 14.6.